The number of hydrogen-bond donors (Lipinski definition) is 0. The fourth-order valence-electron chi connectivity index (χ4n) is 7.36. The molecule has 0 fully saturated rings. The number of methoxy groups -OCH3 is 2. The fraction of sp³-hybridized carbons (Fsp3) is 0.0357. The van der Waals surface area contributed by atoms with E-state index in [9.17, 15) is 0 Å². The van der Waals surface area contributed by atoms with Crippen molar-refractivity contribution in [3.63, 3.8) is 0 Å². The van der Waals surface area contributed by atoms with Gasteiger partial charge in [0.15, 0.2) is 0 Å². The third-order valence-electron chi connectivity index (χ3n) is 10.4. The minimum atomic E-state index is 0.816. The molecule has 0 aliphatic carbocycles. The maximum Gasteiger partial charge on any atom is 0.126 e. The molecule has 0 unspecified atom stereocenters. The van der Waals surface area contributed by atoms with Crippen LogP contribution in [0.5, 0.6) is 11.5 Å². The Balaban J connectivity index is 1.11. The number of ether oxygens (including phenoxy) is 2. The predicted octanol–water partition coefficient (Wildman–Crippen LogP) is 14.4. The van der Waals surface area contributed by atoms with Gasteiger partial charge in [0.2, 0.25) is 0 Å². The largest absolute Gasteiger partial charge is 0.496 e. The number of benzene rings is 8. The van der Waals surface area contributed by atoms with Gasteiger partial charge in [-0.3, -0.25) is 0 Å². The fourth-order valence-corrected chi connectivity index (χ4v) is 7.36. The standard InChI is InChI=1S/C56H44O2/c1-57-55-37-41(28-32-49(55)39-53(43-17-7-3-8-18-43)44-19-9-4-10-20-44)27-31-48-35-34-47-25-15-16-26-51(47)52(48)36-30-42-29-33-50(56(38-42)58-2)40-54(45-21-11-5-12-22-45)46-23-13-6-14-24-46/h3-40H,1-2H3/b31-27-,36-30-. The van der Waals surface area contributed by atoms with E-state index in [2.05, 4.69) is 206 Å². The van der Waals surface area contributed by atoms with Gasteiger partial charge in [-0.25, -0.2) is 0 Å². The van der Waals surface area contributed by atoms with Crippen LogP contribution in [0, 0.1) is 0 Å². The van der Waals surface area contributed by atoms with Crippen molar-refractivity contribution in [1.29, 1.82) is 0 Å². The maximum atomic E-state index is 5.98. The molecule has 0 bridgehead atoms. The van der Waals surface area contributed by atoms with Crippen LogP contribution >= 0.6 is 0 Å². The van der Waals surface area contributed by atoms with Crippen molar-refractivity contribution < 1.29 is 9.47 Å². The zero-order chi connectivity index (χ0) is 39.5. The van der Waals surface area contributed by atoms with E-state index in [-0.39, 0.29) is 0 Å². The highest BCUT2D eigenvalue weighted by molar-refractivity contribution is 5.98. The molecule has 58 heavy (non-hydrogen) atoms. The first kappa shape index (κ1) is 37.5. The van der Waals surface area contributed by atoms with Crippen LogP contribution in [-0.4, -0.2) is 14.2 Å². The minimum absolute atomic E-state index is 0.816. The smallest absolute Gasteiger partial charge is 0.126 e. The molecule has 0 radical (unpaired) electrons. The summed E-state index contributed by atoms with van der Waals surface area (Å²) in [5.41, 5.74) is 13.3. The molecule has 0 saturated carbocycles. The van der Waals surface area contributed by atoms with Crippen molar-refractivity contribution in [2.75, 3.05) is 14.2 Å². The topological polar surface area (TPSA) is 18.5 Å². The SMILES string of the molecule is COc1cc(/C=C\c2ccc3ccccc3c2/C=C\c2ccc(C=C(c3ccccc3)c3ccccc3)c(OC)c2)ccc1C=C(c1ccccc1)c1ccccc1. The van der Waals surface area contributed by atoms with Crippen LogP contribution in [0.2, 0.25) is 0 Å². The molecular formula is C56H44O2. The van der Waals surface area contributed by atoms with Gasteiger partial charge in [0.1, 0.15) is 11.5 Å². The molecule has 0 spiro atoms. The van der Waals surface area contributed by atoms with Crippen molar-refractivity contribution in [3.05, 3.63) is 250 Å². The van der Waals surface area contributed by atoms with Gasteiger partial charge < -0.3 is 9.47 Å². The van der Waals surface area contributed by atoms with E-state index >= 15 is 0 Å². The maximum absolute atomic E-state index is 5.98. The molecule has 0 aliphatic heterocycles. The van der Waals surface area contributed by atoms with Crippen LogP contribution < -0.4 is 9.47 Å². The van der Waals surface area contributed by atoms with Gasteiger partial charge in [-0.15, -0.1) is 0 Å². The average Bonchev–Trinajstić information content (AvgIpc) is 3.30. The number of rotatable bonds is 12. The molecule has 8 aromatic rings. The third kappa shape index (κ3) is 8.68. The molecule has 0 aromatic heterocycles. The van der Waals surface area contributed by atoms with Crippen LogP contribution in [0.25, 0.3) is 58.4 Å². The molecule has 2 nitrogen and oxygen atoms in total. The van der Waals surface area contributed by atoms with E-state index in [1.165, 1.54) is 10.8 Å². The van der Waals surface area contributed by atoms with Crippen LogP contribution in [0.4, 0.5) is 0 Å². The molecule has 2 heteroatoms. The highest BCUT2D eigenvalue weighted by Gasteiger charge is 2.11. The lowest BCUT2D eigenvalue weighted by molar-refractivity contribution is 0.413. The Kier molecular flexibility index (Phi) is 11.7. The average molecular weight is 749 g/mol. The summed E-state index contributed by atoms with van der Waals surface area (Å²) < 4.78 is 12.0. The highest BCUT2D eigenvalue weighted by Crippen LogP contribution is 2.33. The summed E-state index contributed by atoms with van der Waals surface area (Å²) in [4.78, 5) is 0. The van der Waals surface area contributed by atoms with Gasteiger partial charge in [0.25, 0.3) is 0 Å². The molecule has 0 saturated heterocycles. The van der Waals surface area contributed by atoms with E-state index in [0.29, 0.717) is 0 Å². The van der Waals surface area contributed by atoms with Crippen LogP contribution in [0.3, 0.4) is 0 Å². The Morgan fingerprint density at radius 3 is 1.21 bits per heavy atom. The quantitative estimate of drug-likeness (QED) is 0.116. The van der Waals surface area contributed by atoms with E-state index < -0.39 is 0 Å². The third-order valence-corrected chi connectivity index (χ3v) is 10.4. The molecule has 0 amide bonds. The summed E-state index contributed by atoms with van der Waals surface area (Å²) in [7, 11) is 3.47. The summed E-state index contributed by atoms with van der Waals surface area (Å²) >= 11 is 0. The molecule has 0 N–H and O–H groups in total. The summed E-state index contributed by atoms with van der Waals surface area (Å²) in [6.07, 6.45) is 13.2. The molecule has 280 valence electrons. The van der Waals surface area contributed by atoms with Gasteiger partial charge in [0.05, 0.1) is 14.2 Å². The monoisotopic (exact) mass is 748 g/mol. The van der Waals surface area contributed by atoms with E-state index in [1.54, 1.807) is 14.2 Å². The van der Waals surface area contributed by atoms with Gasteiger partial charge in [-0.2, -0.15) is 0 Å². The lowest BCUT2D eigenvalue weighted by Gasteiger charge is -2.12. The Labute approximate surface area is 342 Å². The summed E-state index contributed by atoms with van der Waals surface area (Å²) in [5.74, 6) is 1.63. The van der Waals surface area contributed by atoms with Crippen LogP contribution in [0.15, 0.2) is 194 Å². The molecular weight excluding hydrogens is 705 g/mol. The molecule has 0 atom stereocenters. The normalized spacial score (nSPS) is 11.1. The van der Waals surface area contributed by atoms with Gasteiger partial charge in [-0.1, -0.05) is 206 Å². The van der Waals surface area contributed by atoms with Gasteiger partial charge >= 0.3 is 0 Å². The first-order chi connectivity index (χ1) is 28.7. The molecule has 8 rings (SSSR count). The van der Waals surface area contributed by atoms with Crippen LogP contribution in [-0.2, 0) is 0 Å². The van der Waals surface area contributed by atoms with E-state index in [4.69, 9.17) is 9.47 Å². The van der Waals surface area contributed by atoms with Crippen molar-refractivity contribution >= 4 is 58.4 Å². The van der Waals surface area contributed by atoms with E-state index in [0.717, 1.165) is 78.3 Å². The summed E-state index contributed by atoms with van der Waals surface area (Å²) in [5, 5.41) is 2.38. The summed E-state index contributed by atoms with van der Waals surface area (Å²) in [6, 6.07) is 67.7. The zero-order valence-electron chi connectivity index (χ0n) is 32.8. The Morgan fingerprint density at radius 2 is 0.759 bits per heavy atom. The van der Waals surface area contributed by atoms with Gasteiger partial charge in [-0.05, 0) is 90.7 Å². The second-order valence-electron chi connectivity index (χ2n) is 14.0. The second-order valence-corrected chi connectivity index (χ2v) is 14.0. The Morgan fingerprint density at radius 1 is 0.362 bits per heavy atom. The van der Waals surface area contributed by atoms with Crippen molar-refractivity contribution in [2.45, 2.75) is 0 Å². The predicted molar refractivity (Wildman–Crippen MR) is 248 cm³/mol. The minimum Gasteiger partial charge on any atom is -0.496 e. The van der Waals surface area contributed by atoms with Crippen LogP contribution in [0.1, 0.15) is 55.6 Å². The lowest BCUT2D eigenvalue weighted by atomic mass is 9.94. The highest BCUT2D eigenvalue weighted by atomic mass is 16.5. The van der Waals surface area contributed by atoms with Crippen molar-refractivity contribution in [2.24, 2.45) is 0 Å². The first-order valence-electron chi connectivity index (χ1n) is 19.6. The number of fused-ring (bicyclic) bond motifs is 1. The van der Waals surface area contributed by atoms with Crippen molar-refractivity contribution in [3.8, 4) is 11.5 Å². The Bertz CT molecular complexity index is 2680. The second kappa shape index (κ2) is 18.0. The lowest BCUT2D eigenvalue weighted by Crippen LogP contribution is -1.92. The zero-order valence-corrected chi connectivity index (χ0v) is 32.8. The molecule has 0 heterocycles. The molecule has 0 aliphatic rings. The Hall–Kier alpha value is -7.42. The van der Waals surface area contributed by atoms with Gasteiger partial charge in [0, 0.05) is 11.1 Å². The van der Waals surface area contributed by atoms with Crippen molar-refractivity contribution in [1.82, 2.24) is 0 Å². The first-order valence-corrected chi connectivity index (χ1v) is 19.6. The van der Waals surface area contributed by atoms with E-state index in [1.807, 2.05) is 24.3 Å². The molecule has 8 aromatic carbocycles. The summed E-state index contributed by atoms with van der Waals surface area (Å²) in [6.45, 7) is 0. The number of hydrogen-bond acceptors (Lipinski definition) is 2.